The molecule has 0 amide bonds. The number of hydrogen-bond acceptors (Lipinski definition) is 3. The van der Waals surface area contributed by atoms with Crippen molar-refractivity contribution in [1.82, 2.24) is 14.5 Å². The van der Waals surface area contributed by atoms with E-state index in [1.807, 2.05) is 35.9 Å². The Morgan fingerprint density at radius 3 is 2.61 bits per heavy atom. The van der Waals surface area contributed by atoms with Crippen LogP contribution in [0.1, 0.15) is 15.9 Å². The second-order valence-electron chi connectivity index (χ2n) is 5.01. The van der Waals surface area contributed by atoms with E-state index in [1.54, 1.807) is 6.33 Å². The first-order valence-electron chi connectivity index (χ1n) is 6.88. The first-order valence-corrected chi connectivity index (χ1v) is 6.88. The van der Waals surface area contributed by atoms with Gasteiger partial charge in [-0.3, -0.25) is 4.98 Å². The van der Waals surface area contributed by atoms with E-state index in [-0.39, 0.29) is 5.56 Å². The fourth-order valence-electron chi connectivity index (χ4n) is 2.38. The van der Waals surface area contributed by atoms with Crippen molar-refractivity contribution in [2.45, 2.75) is 0 Å². The van der Waals surface area contributed by atoms with E-state index in [2.05, 4.69) is 15.9 Å². The largest absolute Gasteiger partial charge is 0.478 e. The van der Waals surface area contributed by atoms with Crippen LogP contribution in [0.5, 0.6) is 0 Å². The lowest BCUT2D eigenvalue weighted by Gasteiger charge is -2.07. The van der Waals surface area contributed by atoms with Gasteiger partial charge in [0.05, 0.1) is 23.3 Å². The average molecular weight is 303 g/mol. The Labute approximate surface area is 133 Å². The zero-order valence-corrected chi connectivity index (χ0v) is 12.4. The highest BCUT2D eigenvalue weighted by Crippen LogP contribution is 2.30. The van der Waals surface area contributed by atoms with E-state index in [4.69, 9.17) is 11.5 Å². The maximum absolute atomic E-state index is 11.1. The van der Waals surface area contributed by atoms with Crippen molar-refractivity contribution in [2.75, 3.05) is 0 Å². The molecule has 3 aromatic rings. The second-order valence-corrected chi connectivity index (χ2v) is 5.01. The Bertz CT molecular complexity index is 918. The van der Waals surface area contributed by atoms with Crippen molar-refractivity contribution in [3.8, 4) is 35.0 Å². The molecular formula is C18H13N3O2. The molecule has 0 atom stereocenters. The van der Waals surface area contributed by atoms with Gasteiger partial charge in [0.15, 0.2) is 0 Å². The van der Waals surface area contributed by atoms with Gasteiger partial charge in [0.1, 0.15) is 5.69 Å². The third kappa shape index (κ3) is 2.70. The van der Waals surface area contributed by atoms with Gasteiger partial charge in [0, 0.05) is 24.4 Å². The van der Waals surface area contributed by atoms with Gasteiger partial charge in [-0.1, -0.05) is 18.1 Å². The minimum atomic E-state index is -0.996. The molecule has 0 unspecified atom stereocenters. The van der Waals surface area contributed by atoms with Crippen LogP contribution < -0.4 is 0 Å². The Morgan fingerprint density at radius 1 is 1.22 bits per heavy atom. The second kappa shape index (κ2) is 5.78. The zero-order chi connectivity index (χ0) is 16.4. The van der Waals surface area contributed by atoms with Gasteiger partial charge in [0.25, 0.3) is 0 Å². The Morgan fingerprint density at radius 2 is 1.96 bits per heavy atom. The number of carboxylic acid groups (broad SMARTS) is 1. The highest BCUT2D eigenvalue weighted by atomic mass is 16.4. The van der Waals surface area contributed by atoms with Gasteiger partial charge in [-0.05, 0) is 24.3 Å². The maximum Gasteiger partial charge on any atom is 0.335 e. The van der Waals surface area contributed by atoms with E-state index < -0.39 is 5.97 Å². The molecule has 2 aromatic heterocycles. The van der Waals surface area contributed by atoms with Crippen LogP contribution in [-0.4, -0.2) is 25.6 Å². The number of carboxylic acids is 1. The Balaban J connectivity index is 2.13. The number of terminal acetylenes is 1. The van der Waals surface area contributed by atoms with Gasteiger partial charge in [-0.25, -0.2) is 9.78 Å². The molecule has 3 rings (SSSR count). The highest BCUT2D eigenvalue weighted by Gasteiger charge is 2.15. The summed E-state index contributed by atoms with van der Waals surface area (Å²) in [6.45, 7) is 0. The summed E-state index contributed by atoms with van der Waals surface area (Å²) >= 11 is 0. The topological polar surface area (TPSA) is 68.0 Å². The molecule has 5 nitrogen and oxygen atoms in total. The minimum Gasteiger partial charge on any atom is -0.478 e. The van der Waals surface area contributed by atoms with Crippen molar-refractivity contribution >= 4 is 5.97 Å². The lowest BCUT2D eigenvalue weighted by Crippen LogP contribution is -1.98. The molecule has 5 heteroatoms. The molecule has 1 aromatic carbocycles. The van der Waals surface area contributed by atoms with Crippen molar-refractivity contribution in [3.05, 3.63) is 60.0 Å². The molecule has 0 bridgehead atoms. The average Bonchev–Trinajstić information content (AvgIpc) is 2.96. The van der Waals surface area contributed by atoms with Crippen LogP contribution in [0, 0.1) is 12.3 Å². The Hall–Kier alpha value is -3.39. The van der Waals surface area contributed by atoms with Gasteiger partial charge in [0.2, 0.25) is 0 Å². The number of rotatable bonds is 3. The molecule has 0 spiro atoms. The summed E-state index contributed by atoms with van der Waals surface area (Å²) in [6, 6.07) is 10.5. The molecule has 0 saturated carbocycles. The van der Waals surface area contributed by atoms with E-state index in [1.165, 1.54) is 18.3 Å². The summed E-state index contributed by atoms with van der Waals surface area (Å²) in [4.78, 5) is 19.8. The van der Waals surface area contributed by atoms with E-state index in [0.29, 0.717) is 11.4 Å². The predicted octanol–water partition coefficient (Wildman–Crippen LogP) is 2.83. The fourth-order valence-corrected chi connectivity index (χ4v) is 2.38. The summed E-state index contributed by atoms with van der Waals surface area (Å²) in [7, 11) is 1.88. The minimum absolute atomic E-state index is 0.175. The van der Waals surface area contributed by atoms with Crippen LogP contribution in [0.25, 0.3) is 22.6 Å². The molecule has 0 aliphatic rings. The molecular weight excluding hydrogens is 290 g/mol. The van der Waals surface area contributed by atoms with Gasteiger partial charge < -0.3 is 9.67 Å². The number of aryl methyl sites for hydroxylation is 1. The van der Waals surface area contributed by atoms with Crippen LogP contribution in [0.15, 0.2) is 48.9 Å². The standard InChI is InChI=1S/C18H13N3O2/c1-3-12-4-6-13(7-5-12)17-16(20-11-21(17)2)15-10-14(18(22)23)8-9-19-15/h1,4-11H,2H3,(H,22,23). The third-order valence-electron chi connectivity index (χ3n) is 3.51. The number of imidazole rings is 1. The van der Waals surface area contributed by atoms with E-state index in [9.17, 15) is 4.79 Å². The normalized spacial score (nSPS) is 10.3. The summed E-state index contributed by atoms with van der Waals surface area (Å²) in [5.74, 6) is 1.58. The molecule has 0 radical (unpaired) electrons. The first-order chi connectivity index (χ1) is 11.1. The van der Waals surface area contributed by atoms with Crippen molar-refractivity contribution < 1.29 is 9.90 Å². The molecule has 2 heterocycles. The predicted molar refractivity (Wildman–Crippen MR) is 86.8 cm³/mol. The van der Waals surface area contributed by atoms with Crippen molar-refractivity contribution in [1.29, 1.82) is 0 Å². The summed E-state index contributed by atoms with van der Waals surface area (Å²) < 4.78 is 1.87. The molecule has 23 heavy (non-hydrogen) atoms. The number of aromatic nitrogens is 3. The number of benzene rings is 1. The first kappa shape index (κ1) is 14.5. The lowest BCUT2D eigenvalue weighted by molar-refractivity contribution is 0.0697. The highest BCUT2D eigenvalue weighted by molar-refractivity contribution is 5.89. The number of hydrogen-bond donors (Lipinski definition) is 1. The summed E-state index contributed by atoms with van der Waals surface area (Å²) in [6.07, 6.45) is 8.53. The molecule has 0 aliphatic carbocycles. The number of pyridine rings is 1. The molecule has 0 aliphatic heterocycles. The van der Waals surface area contributed by atoms with Crippen LogP contribution in [0.2, 0.25) is 0 Å². The summed E-state index contributed by atoms with van der Waals surface area (Å²) in [5, 5.41) is 9.13. The number of nitrogens with zero attached hydrogens (tertiary/aromatic N) is 3. The lowest BCUT2D eigenvalue weighted by atomic mass is 10.1. The fraction of sp³-hybridized carbons (Fsp3) is 0.0556. The van der Waals surface area contributed by atoms with E-state index in [0.717, 1.165) is 16.8 Å². The number of aromatic carboxylic acids is 1. The third-order valence-corrected chi connectivity index (χ3v) is 3.51. The van der Waals surface area contributed by atoms with Crippen LogP contribution >= 0.6 is 0 Å². The zero-order valence-electron chi connectivity index (χ0n) is 12.4. The van der Waals surface area contributed by atoms with E-state index >= 15 is 0 Å². The molecule has 0 fully saturated rings. The van der Waals surface area contributed by atoms with Gasteiger partial charge >= 0.3 is 5.97 Å². The Kier molecular flexibility index (Phi) is 3.65. The van der Waals surface area contributed by atoms with Crippen LogP contribution in [0.4, 0.5) is 0 Å². The molecule has 112 valence electrons. The van der Waals surface area contributed by atoms with Gasteiger partial charge in [-0.2, -0.15) is 0 Å². The van der Waals surface area contributed by atoms with Crippen molar-refractivity contribution in [3.63, 3.8) is 0 Å². The summed E-state index contributed by atoms with van der Waals surface area (Å²) in [5.41, 5.74) is 3.90. The molecule has 1 N–H and O–H groups in total. The SMILES string of the molecule is C#Cc1ccc(-c2c(-c3cc(C(=O)O)ccn3)ncn2C)cc1. The maximum atomic E-state index is 11.1. The van der Waals surface area contributed by atoms with Gasteiger partial charge in [-0.15, -0.1) is 6.42 Å². The van der Waals surface area contributed by atoms with Crippen LogP contribution in [0.3, 0.4) is 0 Å². The number of carbonyl (C=O) groups is 1. The smallest absolute Gasteiger partial charge is 0.335 e. The quantitative estimate of drug-likeness (QED) is 0.755. The molecule has 0 saturated heterocycles. The van der Waals surface area contributed by atoms with Crippen molar-refractivity contribution in [2.24, 2.45) is 7.05 Å². The monoisotopic (exact) mass is 303 g/mol. The van der Waals surface area contributed by atoms with Crippen LogP contribution in [-0.2, 0) is 7.05 Å².